The maximum Gasteiger partial charge on any atom is 0.124 e. The fourth-order valence-electron chi connectivity index (χ4n) is 1.70. The van der Waals surface area contributed by atoms with Crippen molar-refractivity contribution < 1.29 is 9.50 Å². The quantitative estimate of drug-likeness (QED) is 0.661. The van der Waals surface area contributed by atoms with Gasteiger partial charge in [-0.25, -0.2) is 4.39 Å². The van der Waals surface area contributed by atoms with E-state index >= 15 is 0 Å². The Labute approximate surface area is 133 Å². The van der Waals surface area contributed by atoms with Crippen molar-refractivity contribution in [2.75, 3.05) is 6.61 Å². The zero-order valence-corrected chi connectivity index (χ0v) is 12.8. The fraction of sp³-hybridized carbons (Fsp3) is 0.176. The van der Waals surface area contributed by atoms with E-state index in [1.165, 1.54) is 12.1 Å². The van der Waals surface area contributed by atoms with Crippen LogP contribution in [0.2, 0.25) is 5.02 Å². The third-order valence-corrected chi connectivity index (χ3v) is 4.05. The van der Waals surface area contributed by atoms with E-state index in [1.54, 1.807) is 17.8 Å². The molecule has 0 aliphatic rings. The lowest BCUT2D eigenvalue weighted by Gasteiger charge is -2.05. The minimum Gasteiger partial charge on any atom is -0.395 e. The maximum absolute atomic E-state index is 13.3. The van der Waals surface area contributed by atoms with Crippen LogP contribution in [0.5, 0.6) is 0 Å². The van der Waals surface area contributed by atoms with Gasteiger partial charge in [0.1, 0.15) is 5.82 Å². The van der Waals surface area contributed by atoms with Crippen molar-refractivity contribution in [3.63, 3.8) is 0 Å². The predicted molar refractivity (Wildman–Crippen MR) is 86.0 cm³/mol. The molecule has 1 N–H and O–H groups in total. The maximum atomic E-state index is 13.3. The number of rotatable bonds is 4. The Morgan fingerprint density at radius 2 is 1.90 bits per heavy atom. The molecule has 0 fully saturated rings. The van der Waals surface area contributed by atoms with E-state index in [4.69, 9.17) is 16.7 Å². The summed E-state index contributed by atoms with van der Waals surface area (Å²) in [6, 6.07) is 12.2. The second-order valence-corrected chi connectivity index (χ2v) is 5.80. The Morgan fingerprint density at radius 1 is 1.14 bits per heavy atom. The van der Waals surface area contributed by atoms with Crippen LogP contribution in [0, 0.1) is 17.7 Å². The van der Waals surface area contributed by atoms with Gasteiger partial charge in [0.25, 0.3) is 0 Å². The largest absolute Gasteiger partial charge is 0.395 e. The Balaban J connectivity index is 2.12. The molecular formula is C17H14ClFOS. The van der Waals surface area contributed by atoms with E-state index in [9.17, 15) is 4.39 Å². The molecule has 0 amide bonds. The number of aliphatic hydroxyl groups is 1. The molecule has 0 radical (unpaired) electrons. The molecular weight excluding hydrogens is 307 g/mol. The zero-order chi connectivity index (χ0) is 15.1. The van der Waals surface area contributed by atoms with Crippen LogP contribution in [-0.4, -0.2) is 11.7 Å². The number of aliphatic hydroxyl groups excluding tert-OH is 1. The Kier molecular flexibility index (Phi) is 6.13. The highest BCUT2D eigenvalue weighted by Crippen LogP contribution is 2.25. The van der Waals surface area contributed by atoms with Crippen LogP contribution in [0.25, 0.3) is 0 Å². The summed E-state index contributed by atoms with van der Waals surface area (Å²) >= 11 is 7.50. The Hall–Kier alpha value is -1.47. The molecule has 1 nitrogen and oxygen atoms in total. The molecule has 0 aliphatic heterocycles. The van der Waals surface area contributed by atoms with Crippen LogP contribution >= 0.6 is 23.4 Å². The van der Waals surface area contributed by atoms with Crippen molar-refractivity contribution in [3.8, 4) is 11.8 Å². The molecule has 21 heavy (non-hydrogen) atoms. The van der Waals surface area contributed by atoms with Crippen molar-refractivity contribution in [2.45, 2.75) is 17.1 Å². The summed E-state index contributed by atoms with van der Waals surface area (Å²) in [6.07, 6.45) is 0.389. The van der Waals surface area contributed by atoms with Crippen LogP contribution in [0.1, 0.15) is 17.5 Å². The predicted octanol–water partition coefficient (Wildman–Crippen LogP) is 4.51. The summed E-state index contributed by atoms with van der Waals surface area (Å²) in [7, 11) is 0. The summed E-state index contributed by atoms with van der Waals surface area (Å²) in [5, 5.41) is 9.46. The third-order valence-electron chi connectivity index (χ3n) is 2.74. The first-order valence-electron chi connectivity index (χ1n) is 6.45. The molecule has 2 aromatic carbocycles. The first-order chi connectivity index (χ1) is 10.2. The highest BCUT2D eigenvalue weighted by Gasteiger charge is 2.03. The highest BCUT2D eigenvalue weighted by atomic mass is 35.5. The van der Waals surface area contributed by atoms with E-state index in [2.05, 4.69) is 11.8 Å². The lowest BCUT2D eigenvalue weighted by atomic mass is 10.1. The smallest absolute Gasteiger partial charge is 0.124 e. The second-order valence-electron chi connectivity index (χ2n) is 4.32. The molecule has 0 bridgehead atoms. The Bertz CT molecular complexity index is 659. The van der Waals surface area contributed by atoms with Crippen LogP contribution in [0.3, 0.4) is 0 Å². The van der Waals surface area contributed by atoms with Crippen LogP contribution in [0.4, 0.5) is 4.39 Å². The van der Waals surface area contributed by atoms with Crippen molar-refractivity contribution in [1.82, 2.24) is 0 Å². The summed E-state index contributed by atoms with van der Waals surface area (Å²) < 4.78 is 13.3. The van der Waals surface area contributed by atoms with Gasteiger partial charge in [-0.05, 0) is 42.0 Å². The van der Waals surface area contributed by atoms with Crippen molar-refractivity contribution in [1.29, 1.82) is 0 Å². The molecule has 0 aliphatic carbocycles. The average molecular weight is 321 g/mol. The molecule has 0 heterocycles. The number of thioether (sulfide) groups is 1. The van der Waals surface area contributed by atoms with E-state index in [0.717, 1.165) is 10.5 Å². The van der Waals surface area contributed by atoms with Gasteiger partial charge in [-0.2, -0.15) is 0 Å². The number of hydrogen-bond acceptors (Lipinski definition) is 2. The molecule has 0 saturated carbocycles. The van der Waals surface area contributed by atoms with Crippen LogP contribution in [0.15, 0.2) is 47.4 Å². The monoisotopic (exact) mass is 320 g/mol. The molecule has 0 unspecified atom stereocenters. The van der Waals surface area contributed by atoms with Gasteiger partial charge in [0, 0.05) is 27.7 Å². The molecule has 2 rings (SSSR count). The third kappa shape index (κ3) is 5.09. The lowest BCUT2D eigenvalue weighted by Crippen LogP contribution is -1.90. The SMILES string of the molecule is OCCC#Cc1cc(F)ccc1CSc1ccc(Cl)cc1. The standard InChI is InChI=1S/C17H14ClFOS/c18-15-5-8-17(9-6-15)21-12-14-4-7-16(19)11-13(14)3-1-2-10-20/h4-9,11,20H,2,10,12H2. The Morgan fingerprint density at radius 3 is 2.62 bits per heavy atom. The summed E-state index contributed by atoms with van der Waals surface area (Å²) in [5.41, 5.74) is 1.65. The number of hydrogen-bond donors (Lipinski definition) is 1. The van der Waals surface area contributed by atoms with Gasteiger partial charge >= 0.3 is 0 Å². The summed E-state index contributed by atoms with van der Waals surface area (Å²) in [5.74, 6) is 6.14. The van der Waals surface area contributed by atoms with Crippen molar-refractivity contribution >= 4 is 23.4 Å². The highest BCUT2D eigenvalue weighted by molar-refractivity contribution is 7.98. The molecule has 2 aromatic rings. The lowest BCUT2D eigenvalue weighted by molar-refractivity contribution is 0.305. The summed E-state index contributed by atoms with van der Waals surface area (Å²) in [4.78, 5) is 1.10. The van der Waals surface area contributed by atoms with Crippen molar-refractivity contribution in [3.05, 3.63) is 64.4 Å². The topological polar surface area (TPSA) is 20.2 Å². The van der Waals surface area contributed by atoms with Gasteiger partial charge < -0.3 is 5.11 Å². The summed E-state index contributed by atoms with van der Waals surface area (Å²) in [6.45, 7) is 0.0111. The molecule has 0 aromatic heterocycles. The van der Waals surface area contributed by atoms with Gasteiger partial charge in [0.05, 0.1) is 6.61 Å². The van der Waals surface area contributed by atoms with Gasteiger partial charge in [-0.1, -0.05) is 29.5 Å². The minimum atomic E-state index is -0.302. The fourth-order valence-corrected chi connectivity index (χ4v) is 2.72. The second kappa shape index (κ2) is 8.09. The molecule has 0 atom stereocenters. The molecule has 0 spiro atoms. The zero-order valence-electron chi connectivity index (χ0n) is 11.3. The number of halogens is 2. The van der Waals surface area contributed by atoms with Gasteiger partial charge in [-0.3, -0.25) is 0 Å². The van der Waals surface area contributed by atoms with E-state index < -0.39 is 0 Å². The number of benzene rings is 2. The van der Waals surface area contributed by atoms with E-state index in [0.29, 0.717) is 22.8 Å². The minimum absolute atomic E-state index is 0.0111. The molecule has 4 heteroatoms. The molecule has 108 valence electrons. The first kappa shape index (κ1) is 15.9. The first-order valence-corrected chi connectivity index (χ1v) is 7.82. The van der Waals surface area contributed by atoms with Gasteiger partial charge in [0.2, 0.25) is 0 Å². The van der Waals surface area contributed by atoms with Crippen LogP contribution in [-0.2, 0) is 5.75 Å². The van der Waals surface area contributed by atoms with E-state index in [1.807, 2.05) is 24.3 Å². The average Bonchev–Trinajstić information content (AvgIpc) is 2.48. The normalized spacial score (nSPS) is 10.0. The van der Waals surface area contributed by atoms with Crippen molar-refractivity contribution in [2.24, 2.45) is 0 Å². The van der Waals surface area contributed by atoms with Gasteiger partial charge in [0.15, 0.2) is 0 Å². The van der Waals surface area contributed by atoms with E-state index in [-0.39, 0.29) is 12.4 Å². The molecule has 0 saturated heterocycles. The van der Waals surface area contributed by atoms with Gasteiger partial charge in [-0.15, -0.1) is 11.8 Å². The van der Waals surface area contributed by atoms with Crippen LogP contribution < -0.4 is 0 Å².